The average molecular weight is 259 g/mol. The molecule has 0 spiro atoms. The Labute approximate surface area is 114 Å². The number of anilines is 1. The summed E-state index contributed by atoms with van der Waals surface area (Å²) < 4.78 is 0. The van der Waals surface area contributed by atoms with Crippen LogP contribution < -0.4 is 5.32 Å². The van der Waals surface area contributed by atoms with Gasteiger partial charge in [0.25, 0.3) is 0 Å². The quantitative estimate of drug-likeness (QED) is 0.907. The molecule has 102 valence electrons. The highest BCUT2D eigenvalue weighted by Crippen LogP contribution is 2.31. The predicted molar refractivity (Wildman–Crippen MR) is 74.9 cm³/mol. The molecule has 1 N–H and O–H groups in total. The number of pyridine rings is 1. The molecule has 4 nitrogen and oxygen atoms in total. The number of aromatic nitrogens is 1. The van der Waals surface area contributed by atoms with E-state index in [0.29, 0.717) is 6.04 Å². The lowest BCUT2D eigenvalue weighted by atomic mass is 9.96. The Morgan fingerprint density at radius 2 is 2.16 bits per heavy atom. The third-order valence-electron chi connectivity index (χ3n) is 4.01. The van der Waals surface area contributed by atoms with E-state index in [-0.39, 0.29) is 11.9 Å². The molecule has 0 bridgehead atoms. The van der Waals surface area contributed by atoms with Crippen LogP contribution in [0.4, 0.5) is 5.82 Å². The van der Waals surface area contributed by atoms with Crippen molar-refractivity contribution in [1.82, 2.24) is 9.88 Å². The molecule has 1 aliphatic heterocycles. The molecule has 0 unspecified atom stereocenters. The van der Waals surface area contributed by atoms with Crippen molar-refractivity contribution >= 4 is 11.7 Å². The van der Waals surface area contributed by atoms with Crippen molar-refractivity contribution in [2.75, 3.05) is 11.9 Å². The molecule has 1 saturated carbocycles. The number of nitrogens with zero attached hydrogens (tertiary/aromatic N) is 2. The van der Waals surface area contributed by atoms with Gasteiger partial charge in [0.15, 0.2) is 0 Å². The van der Waals surface area contributed by atoms with Gasteiger partial charge in [0.05, 0.1) is 6.04 Å². The molecule has 2 heterocycles. The van der Waals surface area contributed by atoms with Crippen LogP contribution in [0.3, 0.4) is 0 Å². The molecule has 1 aromatic rings. The van der Waals surface area contributed by atoms with Gasteiger partial charge in [0, 0.05) is 25.7 Å². The topological polar surface area (TPSA) is 45.2 Å². The van der Waals surface area contributed by atoms with Crippen LogP contribution >= 0.6 is 0 Å². The lowest BCUT2D eigenvalue weighted by Crippen LogP contribution is -2.36. The van der Waals surface area contributed by atoms with Crippen LogP contribution in [0.5, 0.6) is 0 Å². The van der Waals surface area contributed by atoms with Gasteiger partial charge in [0.1, 0.15) is 5.82 Å². The predicted octanol–water partition coefficient (Wildman–Crippen LogP) is 2.73. The number of amides is 1. The van der Waals surface area contributed by atoms with E-state index < -0.39 is 0 Å². The first-order valence-electron chi connectivity index (χ1n) is 7.24. The molecule has 1 saturated heterocycles. The first-order valence-corrected chi connectivity index (χ1v) is 7.24. The average Bonchev–Trinajstić information content (AvgIpc) is 3.23. The minimum absolute atomic E-state index is 0.171. The molecule has 19 heavy (non-hydrogen) atoms. The van der Waals surface area contributed by atoms with E-state index in [0.717, 1.165) is 30.8 Å². The molecule has 1 atom stereocenters. The first-order chi connectivity index (χ1) is 9.24. The maximum absolute atomic E-state index is 11.7. The van der Waals surface area contributed by atoms with Crippen molar-refractivity contribution in [2.45, 2.75) is 51.1 Å². The van der Waals surface area contributed by atoms with E-state index in [9.17, 15) is 4.79 Å². The number of nitrogens with one attached hydrogen (secondary N) is 1. The van der Waals surface area contributed by atoms with Gasteiger partial charge in [-0.2, -0.15) is 0 Å². The zero-order valence-electron chi connectivity index (χ0n) is 11.4. The van der Waals surface area contributed by atoms with Crippen molar-refractivity contribution in [3.63, 3.8) is 0 Å². The zero-order chi connectivity index (χ0) is 13.2. The molecule has 1 aromatic heterocycles. The molecule has 2 aliphatic rings. The minimum atomic E-state index is 0.171. The Hall–Kier alpha value is -1.58. The summed E-state index contributed by atoms with van der Waals surface area (Å²) in [5, 5.41) is 3.39. The van der Waals surface area contributed by atoms with Gasteiger partial charge in [-0.15, -0.1) is 0 Å². The molecule has 2 fully saturated rings. The number of carbonyl (C=O) groups excluding carboxylic acids is 1. The van der Waals surface area contributed by atoms with Crippen LogP contribution in [0.15, 0.2) is 18.3 Å². The highest BCUT2D eigenvalue weighted by Gasteiger charge is 2.26. The Morgan fingerprint density at radius 1 is 1.32 bits per heavy atom. The molecule has 0 radical (unpaired) electrons. The van der Waals surface area contributed by atoms with Gasteiger partial charge >= 0.3 is 0 Å². The second-order valence-corrected chi connectivity index (χ2v) is 5.62. The molecule has 1 amide bonds. The Morgan fingerprint density at radius 3 is 2.79 bits per heavy atom. The summed E-state index contributed by atoms with van der Waals surface area (Å²) in [5.41, 5.74) is 1.16. The van der Waals surface area contributed by atoms with Crippen molar-refractivity contribution in [3.8, 4) is 0 Å². The zero-order valence-corrected chi connectivity index (χ0v) is 11.4. The van der Waals surface area contributed by atoms with E-state index in [2.05, 4.69) is 16.4 Å². The summed E-state index contributed by atoms with van der Waals surface area (Å²) in [7, 11) is 0. The van der Waals surface area contributed by atoms with Crippen LogP contribution in [0.25, 0.3) is 0 Å². The number of carbonyl (C=O) groups is 1. The van der Waals surface area contributed by atoms with Crippen molar-refractivity contribution < 1.29 is 4.79 Å². The van der Waals surface area contributed by atoms with Gasteiger partial charge in [-0.3, -0.25) is 4.79 Å². The summed E-state index contributed by atoms with van der Waals surface area (Å²) in [6.45, 7) is 2.54. The molecular weight excluding hydrogens is 238 g/mol. The lowest BCUT2D eigenvalue weighted by molar-refractivity contribution is -0.132. The Bertz CT molecular complexity index is 453. The number of rotatable bonds is 3. The highest BCUT2D eigenvalue weighted by molar-refractivity contribution is 5.74. The van der Waals surface area contributed by atoms with Crippen LogP contribution in [-0.2, 0) is 4.79 Å². The summed E-state index contributed by atoms with van der Waals surface area (Å²) in [4.78, 5) is 18.2. The van der Waals surface area contributed by atoms with Crippen molar-refractivity contribution in [2.24, 2.45) is 0 Å². The highest BCUT2D eigenvalue weighted by atomic mass is 16.2. The second kappa shape index (κ2) is 5.19. The fourth-order valence-electron chi connectivity index (χ4n) is 2.78. The van der Waals surface area contributed by atoms with Crippen LogP contribution in [-0.4, -0.2) is 28.4 Å². The monoisotopic (exact) mass is 259 g/mol. The van der Waals surface area contributed by atoms with Gasteiger partial charge in [-0.25, -0.2) is 4.98 Å². The number of likely N-dealkylation sites (tertiary alicyclic amines) is 1. The van der Waals surface area contributed by atoms with E-state index >= 15 is 0 Å². The van der Waals surface area contributed by atoms with Gasteiger partial charge in [-0.1, -0.05) is 6.07 Å². The fourth-order valence-corrected chi connectivity index (χ4v) is 2.78. The first kappa shape index (κ1) is 12.5. The molecular formula is C15H21N3O. The SMILES string of the molecule is CC(=O)N1CCCC[C@@H]1c1ccc(NC2CC2)nc1. The largest absolute Gasteiger partial charge is 0.367 e. The van der Waals surface area contributed by atoms with E-state index in [1.807, 2.05) is 17.2 Å². The molecule has 3 rings (SSSR count). The summed E-state index contributed by atoms with van der Waals surface area (Å²) in [6, 6.07) is 5.00. The van der Waals surface area contributed by atoms with Crippen LogP contribution in [0.2, 0.25) is 0 Å². The fraction of sp³-hybridized carbons (Fsp3) is 0.600. The maximum atomic E-state index is 11.7. The third kappa shape index (κ3) is 2.88. The molecule has 4 heteroatoms. The van der Waals surface area contributed by atoms with Crippen molar-refractivity contribution in [3.05, 3.63) is 23.9 Å². The van der Waals surface area contributed by atoms with E-state index in [1.54, 1.807) is 6.92 Å². The van der Waals surface area contributed by atoms with E-state index in [1.165, 1.54) is 19.3 Å². The van der Waals surface area contributed by atoms with Crippen LogP contribution in [0, 0.1) is 0 Å². The van der Waals surface area contributed by atoms with Gasteiger partial charge in [0.2, 0.25) is 5.91 Å². The smallest absolute Gasteiger partial charge is 0.219 e. The number of hydrogen-bond acceptors (Lipinski definition) is 3. The van der Waals surface area contributed by atoms with Gasteiger partial charge < -0.3 is 10.2 Å². The second-order valence-electron chi connectivity index (χ2n) is 5.62. The molecule has 1 aliphatic carbocycles. The number of piperidine rings is 1. The third-order valence-corrected chi connectivity index (χ3v) is 4.01. The summed E-state index contributed by atoms with van der Waals surface area (Å²) in [5.74, 6) is 1.13. The lowest BCUT2D eigenvalue weighted by Gasteiger charge is -2.35. The minimum Gasteiger partial charge on any atom is -0.367 e. The number of hydrogen-bond donors (Lipinski definition) is 1. The molecule has 0 aromatic carbocycles. The summed E-state index contributed by atoms with van der Waals surface area (Å²) >= 11 is 0. The van der Waals surface area contributed by atoms with Crippen LogP contribution in [0.1, 0.15) is 50.6 Å². The van der Waals surface area contributed by atoms with Gasteiger partial charge in [-0.05, 0) is 43.7 Å². The Kier molecular flexibility index (Phi) is 3.40. The standard InChI is InChI=1S/C15H21N3O/c1-11(19)18-9-3-2-4-14(18)12-5-8-15(16-10-12)17-13-6-7-13/h5,8,10,13-14H,2-4,6-7,9H2,1H3,(H,16,17)/t14-/m1/s1. The van der Waals surface area contributed by atoms with Crippen molar-refractivity contribution in [1.29, 1.82) is 0 Å². The Balaban J connectivity index is 1.73. The summed E-state index contributed by atoms with van der Waals surface area (Å²) in [6.07, 6.45) is 7.79. The maximum Gasteiger partial charge on any atom is 0.219 e. The normalized spacial score (nSPS) is 23.2. The van der Waals surface area contributed by atoms with E-state index in [4.69, 9.17) is 0 Å².